The van der Waals surface area contributed by atoms with Gasteiger partial charge in [-0.15, -0.1) is 0 Å². The van der Waals surface area contributed by atoms with E-state index in [9.17, 15) is 27.7 Å². The molecule has 0 aliphatic carbocycles. The van der Waals surface area contributed by atoms with E-state index in [0.717, 1.165) is 6.07 Å². The van der Waals surface area contributed by atoms with E-state index in [1.165, 1.54) is 0 Å². The molecule has 0 spiro atoms. The number of aliphatic hydroxyl groups excluding tert-OH is 1. The van der Waals surface area contributed by atoms with Gasteiger partial charge in [0, 0.05) is 12.6 Å². The number of hydrogen-bond donors (Lipinski definition) is 3. The predicted octanol–water partition coefficient (Wildman–Crippen LogP) is -0.152. The van der Waals surface area contributed by atoms with Crippen LogP contribution < -0.4 is 4.72 Å². The molecule has 1 aromatic rings. The second kappa shape index (κ2) is 6.56. The number of aliphatic carboxylic acids is 1. The van der Waals surface area contributed by atoms with Crippen molar-refractivity contribution in [2.75, 3.05) is 6.54 Å². The predicted molar refractivity (Wildman–Crippen MR) is 66.5 cm³/mol. The third-order valence-electron chi connectivity index (χ3n) is 2.42. The number of carboxylic acid groups (broad SMARTS) is 1. The molecule has 0 fully saturated rings. The van der Waals surface area contributed by atoms with E-state index in [1.54, 1.807) is 0 Å². The van der Waals surface area contributed by atoms with Crippen LogP contribution >= 0.6 is 0 Å². The lowest BCUT2D eigenvalue weighted by molar-refractivity contribution is -0.387. The van der Waals surface area contributed by atoms with Crippen molar-refractivity contribution in [3.05, 3.63) is 34.1 Å². The summed E-state index contributed by atoms with van der Waals surface area (Å²) < 4.78 is 38.6. The Balaban J connectivity index is 2.86. The van der Waals surface area contributed by atoms with Gasteiger partial charge in [0.15, 0.2) is 6.10 Å². The summed E-state index contributed by atoms with van der Waals surface area (Å²) in [6.45, 7) is -0.402. The molecule has 3 N–H and O–H groups in total. The molecule has 116 valence electrons. The molecule has 0 radical (unpaired) electrons. The highest BCUT2D eigenvalue weighted by molar-refractivity contribution is 7.89. The van der Waals surface area contributed by atoms with Gasteiger partial charge in [0.1, 0.15) is 0 Å². The highest BCUT2D eigenvalue weighted by Crippen LogP contribution is 2.21. The quantitative estimate of drug-likeness (QED) is 0.467. The minimum Gasteiger partial charge on any atom is -0.479 e. The van der Waals surface area contributed by atoms with Crippen molar-refractivity contribution in [3.8, 4) is 0 Å². The summed E-state index contributed by atoms with van der Waals surface area (Å²) >= 11 is 0. The molecule has 11 heteroatoms. The van der Waals surface area contributed by atoms with Gasteiger partial charge in [-0.05, 0) is 18.6 Å². The maximum absolute atomic E-state index is 13.1. The van der Waals surface area contributed by atoms with Crippen LogP contribution in [0.15, 0.2) is 23.1 Å². The fourth-order valence-electron chi connectivity index (χ4n) is 1.34. The van der Waals surface area contributed by atoms with Crippen molar-refractivity contribution in [3.63, 3.8) is 0 Å². The molecular formula is C10H11FN2O7S. The minimum absolute atomic E-state index is 0.391. The summed E-state index contributed by atoms with van der Waals surface area (Å²) in [5.41, 5.74) is -0.997. The minimum atomic E-state index is -4.18. The van der Waals surface area contributed by atoms with Crippen LogP contribution in [0.2, 0.25) is 0 Å². The Labute approximate surface area is 118 Å². The Hall–Kier alpha value is -2.11. The lowest BCUT2D eigenvalue weighted by Crippen LogP contribution is -2.30. The van der Waals surface area contributed by atoms with Gasteiger partial charge in [-0.25, -0.2) is 17.9 Å². The number of nitro groups is 1. The van der Waals surface area contributed by atoms with Crippen LogP contribution in [0.1, 0.15) is 6.42 Å². The highest BCUT2D eigenvalue weighted by Gasteiger charge is 2.22. The van der Waals surface area contributed by atoms with E-state index in [2.05, 4.69) is 0 Å². The number of carboxylic acids is 1. The van der Waals surface area contributed by atoms with Gasteiger partial charge in [0.2, 0.25) is 15.8 Å². The zero-order chi connectivity index (χ0) is 16.2. The second-order valence-corrected chi connectivity index (χ2v) is 5.68. The highest BCUT2D eigenvalue weighted by atomic mass is 32.2. The first-order chi connectivity index (χ1) is 9.65. The van der Waals surface area contributed by atoms with Gasteiger partial charge >= 0.3 is 11.7 Å². The molecule has 1 rings (SSSR count). The van der Waals surface area contributed by atoms with Crippen LogP contribution in [0.5, 0.6) is 0 Å². The molecule has 21 heavy (non-hydrogen) atoms. The van der Waals surface area contributed by atoms with Crippen LogP contribution in [0.3, 0.4) is 0 Å². The smallest absolute Gasteiger partial charge is 0.332 e. The van der Waals surface area contributed by atoms with Crippen LogP contribution in [0.25, 0.3) is 0 Å². The van der Waals surface area contributed by atoms with Crippen molar-refractivity contribution in [1.29, 1.82) is 0 Å². The average Bonchev–Trinajstić information content (AvgIpc) is 2.38. The Morgan fingerprint density at radius 1 is 1.48 bits per heavy atom. The Kier molecular flexibility index (Phi) is 5.29. The Bertz CT molecular complexity index is 661. The standard InChI is InChI=1S/C10H11FN2O7S/c11-7-2-1-6(5-8(7)13(17)18)21(19,20)12-4-3-9(14)10(15)16/h1-2,5,9,12,14H,3-4H2,(H,15,16)/t9-/m0/s1. The number of nitrogens with zero attached hydrogens (tertiary/aromatic N) is 1. The molecule has 0 unspecified atom stereocenters. The number of halogens is 1. The molecule has 9 nitrogen and oxygen atoms in total. The van der Waals surface area contributed by atoms with Crippen molar-refractivity contribution in [2.45, 2.75) is 17.4 Å². The number of carbonyl (C=O) groups is 1. The molecule has 0 aliphatic heterocycles. The first kappa shape index (κ1) is 16.9. The SMILES string of the molecule is O=C(O)[C@@H](O)CCNS(=O)(=O)c1ccc(F)c([N+](=O)[O-])c1. The summed E-state index contributed by atoms with van der Waals surface area (Å²) in [5, 5.41) is 27.9. The zero-order valence-electron chi connectivity index (χ0n) is 10.4. The van der Waals surface area contributed by atoms with Crippen LogP contribution in [-0.4, -0.2) is 42.2 Å². The fraction of sp³-hybridized carbons (Fsp3) is 0.300. The van der Waals surface area contributed by atoms with E-state index in [-0.39, 0.29) is 0 Å². The van der Waals surface area contributed by atoms with Crippen LogP contribution in [-0.2, 0) is 14.8 Å². The van der Waals surface area contributed by atoms with Gasteiger partial charge in [0.05, 0.1) is 9.82 Å². The first-order valence-corrected chi connectivity index (χ1v) is 6.98. The van der Waals surface area contributed by atoms with E-state index in [1.807, 2.05) is 4.72 Å². The number of sulfonamides is 1. The van der Waals surface area contributed by atoms with Gasteiger partial charge in [0.25, 0.3) is 0 Å². The fourth-order valence-corrected chi connectivity index (χ4v) is 2.40. The molecule has 0 saturated carbocycles. The van der Waals surface area contributed by atoms with Gasteiger partial charge in [-0.3, -0.25) is 10.1 Å². The summed E-state index contributed by atoms with van der Waals surface area (Å²) in [6, 6.07) is 2.02. The van der Waals surface area contributed by atoms with Gasteiger partial charge in [-0.1, -0.05) is 0 Å². The average molecular weight is 322 g/mol. The molecule has 1 atom stereocenters. The third-order valence-corrected chi connectivity index (χ3v) is 3.88. The summed E-state index contributed by atoms with van der Waals surface area (Å²) in [6.07, 6.45) is -2.13. The Morgan fingerprint density at radius 3 is 2.62 bits per heavy atom. The molecule has 0 bridgehead atoms. The van der Waals surface area contributed by atoms with Gasteiger partial charge in [-0.2, -0.15) is 4.39 Å². The maximum Gasteiger partial charge on any atom is 0.332 e. The Morgan fingerprint density at radius 2 is 2.10 bits per heavy atom. The lowest BCUT2D eigenvalue weighted by atomic mass is 10.3. The lowest BCUT2D eigenvalue weighted by Gasteiger charge is -2.08. The summed E-state index contributed by atoms with van der Waals surface area (Å²) in [5.74, 6) is -2.69. The number of aliphatic hydroxyl groups is 1. The number of benzene rings is 1. The van der Waals surface area contributed by atoms with Gasteiger partial charge < -0.3 is 10.2 Å². The molecule has 0 aromatic heterocycles. The molecule has 0 aliphatic rings. The molecule has 1 aromatic carbocycles. The van der Waals surface area contributed by atoms with Crippen molar-refractivity contribution in [1.82, 2.24) is 4.72 Å². The van der Waals surface area contributed by atoms with Crippen LogP contribution in [0, 0.1) is 15.9 Å². The third kappa shape index (κ3) is 4.44. The first-order valence-electron chi connectivity index (χ1n) is 5.49. The molecule has 0 saturated heterocycles. The topological polar surface area (TPSA) is 147 Å². The van der Waals surface area contributed by atoms with Crippen molar-refractivity contribution in [2.24, 2.45) is 0 Å². The maximum atomic E-state index is 13.1. The zero-order valence-corrected chi connectivity index (χ0v) is 11.2. The van der Waals surface area contributed by atoms with E-state index in [0.29, 0.717) is 12.1 Å². The monoisotopic (exact) mass is 322 g/mol. The molecular weight excluding hydrogens is 311 g/mol. The number of nitrogens with one attached hydrogen (secondary N) is 1. The van der Waals surface area contributed by atoms with Crippen molar-refractivity contribution >= 4 is 21.7 Å². The summed E-state index contributed by atoms with van der Waals surface area (Å²) in [4.78, 5) is 19.3. The van der Waals surface area contributed by atoms with E-state index >= 15 is 0 Å². The second-order valence-electron chi connectivity index (χ2n) is 3.91. The summed E-state index contributed by atoms with van der Waals surface area (Å²) in [7, 11) is -4.18. The molecule has 0 amide bonds. The van der Waals surface area contributed by atoms with Crippen molar-refractivity contribution < 1.29 is 32.7 Å². The largest absolute Gasteiger partial charge is 0.479 e. The normalized spacial score (nSPS) is 12.9. The van der Waals surface area contributed by atoms with E-state index < -0.39 is 56.4 Å². The number of nitro benzene ring substituents is 1. The van der Waals surface area contributed by atoms with Crippen LogP contribution in [0.4, 0.5) is 10.1 Å². The number of hydrogen-bond acceptors (Lipinski definition) is 6. The van der Waals surface area contributed by atoms with E-state index in [4.69, 9.17) is 10.2 Å². The molecule has 0 heterocycles. The number of rotatable bonds is 7.